The number of hydrogen-bond acceptors (Lipinski definition) is 8. The van der Waals surface area contributed by atoms with E-state index in [-0.39, 0.29) is 16.6 Å². The van der Waals surface area contributed by atoms with Crippen molar-refractivity contribution in [2.45, 2.75) is 24.2 Å². The summed E-state index contributed by atoms with van der Waals surface area (Å²) >= 11 is 1.24. The molecule has 0 aliphatic carbocycles. The first-order valence-electron chi connectivity index (χ1n) is 9.31. The smallest absolute Gasteiger partial charge is 0.267 e. The monoisotopic (exact) mass is 448 g/mol. The van der Waals surface area contributed by atoms with Crippen LogP contribution >= 0.6 is 11.3 Å². The average molecular weight is 449 g/mol. The maximum absolute atomic E-state index is 13.2. The van der Waals surface area contributed by atoms with Gasteiger partial charge in [0.25, 0.3) is 5.91 Å². The number of nitrogens with one attached hydrogen (secondary N) is 1. The molecule has 1 aliphatic heterocycles. The summed E-state index contributed by atoms with van der Waals surface area (Å²) in [5.74, 6) is -0.147. The predicted molar refractivity (Wildman–Crippen MR) is 111 cm³/mol. The highest BCUT2D eigenvalue weighted by Crippen LogP contribution is 2.31. The number of nitrogens with zero attached hydrogens (tertiary/aromatic N) is 5. The average Bonchev–Trinajstić information content (AvgIpc) is 3.46. The molecule has 1 fully saturated rings. The molecule has 1 amide bonds. The van der Waals surface area contributed by atoms with Crippen LogP contribution in [0.5, 0.6) is 5.75 Å². The molecule has 0 radical (unpaired) electrons. The van der Waals surface area contributed by atoms with E-state index in [1.807, 2.05) is 0 Å². The van der Waals surface area contributed by atoms with E-state index in [1.165, 1.54) is 39.8 Å². The normalized spacial score (nSPS) is 15.1. The highest BCUT2D eigenvalue weighted by atomic mass is 32.2. The Labute approximate surface area is 177 Å². The second kappa shape index (κ2) is 8.50. The highest BCUT2D eigenvalue weighted by molar-refractivity contribution is 7.89. The maximum Gasteiger partial charge on any atom is 0.267 e. The summed E-state index contributed by atoms with van der Waals surface area (Å²) in [6.07, 6.45) is 4.08. The van der Waals surface area contributed by atoms with Crippen LogP contribution in [0.15, 0.2) is 40.9 Å². The Balaban J connectivity index is 1.63. The minimum atomic E-state index is -3.73. The van der Waals surface area contributed by atoms with Crippen LogP contribution in [0.1, 0.15) is 28.9 Å². The summed E-state index contributed by atoms with van der Waals surface area (Å²) in [5.41, 5.74) is 0.893. The molecule has 158 valence electrons. The molecule has 0 unspecified atom stereocenters. The highest BCUT2D eigenvalue weighted by Gasteiger charge is 2.29. The van der Waals surface area contributed by atoms with Crippen LogP contribution < -0.4 is 10.1 Å². The second-order valence-electron chi connectivity index (χ2n) is 6.67. The third-order valence-corrected chi connectivity index (χ3v) is 7.62. The number of carbonyl (C=O) groups is 1. The van der Waals surface area contributed by atoms with Crippen molar-refractivity contribution in [3.63, 3.8) is 0 Å². The molecule has 0 atom stereocenters. The van der Waals surface area contributed by atoms with Crippen molar-refractivity contribution in [3.05, 3.63) is 40.8 Å². The zero-order valence-corrected chi connectivity index (χ0v) is 17.8. The molecule has 4 rings (SSSR count). The Morgan fingerprint density at radius 3 is 2.70 bits per heavy atom. The minimum absolute atomic E-state index is 0.0385. The van der Waals surface area contributed by atoms with Gasteiger partial charge in [-0.05, 0) is 52.9 Å². The van der Waals surface area contributed by atoms with Crippen molar-refractivity contribution in [1.82, 2.24) is 24.5 Å². The van der Waals surface area contributed by atoms with Gasteiger partial charge in [-0.3, -0.25) is 4.79 Å². The molecule has 1 aliphatic rings. The molecule has 1 N–H and O–H groups in total. The summed E-state index contributed by atoms with van der Waals surface area (Å²) in [6, 6.07) is 6.32. The van der Waals surface area contributed by atoms with Crippen molar-refractivity contribution in [2.75, 3.05) is 25.5 Å². The molecule has 30 heavy (non-hydrogen) atoms. The Bertz CT molecular complexity index is 1140. The number of carbonyl (C=O) groups excluding carboxylic acids is 1. The van der Waals surface area contributed by atoms with Crippen LogP contribution in [0.4, 0.5) is 5.69 Å². The standard InChI is InChI=1S/C18H20N6O4S2/c1-28-15-6-5-13(11-16(15)30(26,27)23-8-3-2-4-9-23)20-18(25)17-14(7-10-29-17)24-12-19-21-22-24/h5-7,10-12H,2-4,8-9H2,1H3,(H,20,25). The van der Waals surface area contributed by atoms with Gasteiger partial charge in [-0.15, -0.1) is 16.4 Å². The number of hydrogen-bond donors (Lipinski definition) is 1. The van der Waals surface area contributed by atoms with Crippen LogP contribution in [-0.2, 0) is 10.0 Å². The fourth-order valence-corrected chi connectivity index (χ4v) is 5.78. The first-order valence-corrected chi connectivity index (χ1v) is 11.6. The molecule has 0 spiro atoms. The van der Waals surface area contributed by atoms with E-state index in [1.54, 1.807) is 23.6 Å². The zero-order chi connectivity index (χ0) is 21.1. The molecule has 1 saturated heterocycles. The summed E-state index contributed by atoms with van der Waals surface area (Å²) in [6.45, 7) is 0.957. The van der Waals surface area contributed by atoms with Gasteiger partial charge >= 0.3 is 0 Å². The quantitative estimate of drug-likeness (QED) is 0.614. The summed E-state index contributed by atoms with van der Waals surface area (Å²) in [5, 5.41) is 15.5. The number of amides is 1. The molecular formula is C18H20N6O4S2. The Morgan fingerprint density at radius 1 is 1.20 bits per heavy atom. The van der Waals surface area contributed by atoms with E-state index in [0.29, 0.717) is 29.3 Å². The Kier molecular flexibility index (Phi) is 5.79. The Hall–Kier alpha value is -2.83. The van der Waals surface area contributed by atoms with E-state index in [2.05, 4.69) is 20.8 Å². The van der Waals surface area contributed by atoms with Crippen LogP contribution in [0.2, 0.25) is 0 Å². The number of thiophene rings is 1. The van der Waals surface area contributed by atoms with Crippen LogP contribution in [0, 0.1) is 0 Å². The van der Waals surface area contributed by atoms with Gasteiger partial charge in [0, 0.05) is 18.8 Å². The summed E-state index contributed by atoms with van der Waals surface area (Å²) in [4.78, 5) is 13.3. The molecule has 0 saturated carbocycles. The number of aromatic nitrogens is 4. The molecule has 0 bridgehead atoms. The molecule has 10 nitrogen and oxygen atoms in total. The first kappa shape index (κ1) is 20.4. The number of tetrazole rings is 1. The van der Waals surface area contributed by atoms with Crippen molar-refractivity contribution in [2.24, 2.45) is 0 Å². The van der Waals surface area contributed by atoms with Gasteiger partial charge in [-0.25, -0.2) is 8.42 Å². The summed E-state index contributed by atoms with van der Waals surface area (Å²) in [7, 11) is -2.31. The van der Waals surface area contributed by atoms with Crippen molar-refractivity contribution < 1.29 is 17.9 Å². The number of benzene rings is 1. The van der Waals surface area contributed by atoms with Crippen LogP contribution in [-0.4, -0.2) is 59.0 Å². The molecule has 3 heterocycles. The minimum Gasteiger partial charge on any atom is -0.495 e. The molecule has 12 heteroatoms. The molecule has 3 aromatic rings. The van der Waals surface area contributed by atoms with Crippen molar-refractivity contribution in [3.8, 4) is 11.4 Å². The number of methoxy groups -OCH3 is 1. The Morgan fingerprint density at radius 2 is 2.00 bits per heavy atom. The molecular weight excluding hydrogens is 428 g/mol. The maximum atomic E-state index is 13.2. The van der Waals surface area contributed by atoms with Crippen LogP contribution in [0.3, 0.4) is 0 Å². The van der Waals surface area contributed by atoms with E-state index < -0.39 is 10.0 Å². The SMILES string of the molecule is COc1ccc(NC(=O)c2sccc2-n2cnnn2)cc1S(=O)(=O)N1CCCCC1. The first-order chi connectivity index (χ1) is 14.5. The number of anilines is 1. The lowest BCUT2D eigenvalue weighted by Gasteiger charge is -2.26. The van der Waals surface area contributed by atoms with Gasteiger partial charge < -0.3 is 10.1 Å². The van der Waals surface area contributed by atoms with Gasteiger partial charge in [-0.2, -0.15) is 8.99 Å². The third-order valence-electron chi connectivity index (χ3n) is 4.80. The van der Waals surface area contributed by atoms with Gasteiger partial charge in [0.1, 0.15) is 21.8 Å². The number of rotatable bonds is 6. The van der Waals surface area contributed by atoms with E-state index in [9.17, 15) is 13.2 Å². The lowest BCUT2D eigenvalue weighted by Crippen LogP contribution is -2.35. The molecule has 1 aromatic carbocycles. The third kappa shape index (κ3) is 3.93. The zero-order valence-electron chi connectivity index (χ0n) is 16.2. The second-order valence-corrected chi connectivity index (χ2v) is 9.50. The van der Waals surface area contributed by atoms with Gasteiger partial charge in [0.05, 0.1) is 12.8 Å². The number of piperidine rings is 1. The fraction of sp³-hybridized carbons (Fsp3) is 0.333. The number of ether oxygens (including phenoxy) is 1. The van der Waals surface area contributed by atoms with Gasteiger partial charge in [-0.1, -0.05) is 6.42 Å². The number of sulfonamides is 1. The van der Waals surface area contributed by atoms with E-state index in [4.69, 9.17) is 4.74 Å². The van der Waals surface area contributed by atoms with Crippen molar-refractivity contribution >= 4 is 33.0 Å². The van der Waals surface area contributed by atoms with Crippen LogP contribution in [0.25, 0.3) is 5.69 Å². The van der Waals surface area contributed by atoms with Gasteiger partial charge in [0.2, 0.25) is 10.0 Å². The summed E-state index contributed by atoms with van der Waals surface area (Å²) < 4.78 is 34.4. The fourth-order valence-electron chi connectivity index (χ4n) is 3.31. The topological polar surface area (TPSA) is 119 Å². The van der Waals surface area contributed by atoms with E-state index in [0.717, 1.165) is 19.3 Å². The van der Waals surface area contributed by atoms with Gasteiger partial charge in [0.15, 0.2) is 0 Å². The lowest BCUT2D eigenvalue weighted by molar-refractivity contribution is 0.103. The lowest BCUT2D eigenvalue weighted by atomic mass is 10.2. The van der Waals surface area contributed by atoms with E-state index >= 15 is 0 Å². The predicted octanol–water partition coefficient (Wildman–Crippen LogP) is 2.16. The van der Waals surface area contributed by atoms with Crippen molar-refractivity contribution in [1.29, 1.82) is 0 Å². The largest absolute Gasteiger partial charge is 0.495 e. The molecule has 2 aromatic heterocycles.